The van der Waals surface area contributed by atoms with Crippen molar-refractivity contribution in [1.29, 1.82) is 0 Å². The summed E-state index contributed by atoms with van der Waals surface area (Å²) in [5.74, 6) is 1.24. The van der Waals surface area contributed by atoms with Gasteiger partial charge in [0.1, 0.15) is 0 Å². The first-order valence-electron chi connectivity index (χ1n) is 7.80. The number of aryl methyl sites for hydroxylation is 1. The molecule has 6 nitrogen and oxygen atoms in total. The van der Waals surface area contributed by atoms with Crippen molar-refractivity contribution >= 4 is 28.0 Å². The molecule has 0 fully saturated rings. The van der Waals surface area contributed by atoms with E-state index in [9.17, 15) is 8.42 Å². The largest absolute Gasteiger partial charge is 0.315 e. The van der Waals surface area contributed by atoms with Crippen LogP contribution in [0.3, 0.4) is 0 Å². The average Bonchev–Trinajstić information content (AvgIpc) is 2.79. The Balaban J connectivity index is 1.99. The fourth-order valence-electron chi connectivity index (χ4n) is 3.16. The number of benzene rings is 1. The molecule has 2 aromatic rings. The van der Waals surface area contributed by atoms with E-state index in [1.54, 1.807) is 6.34 Å². The summed E-state index contributed by atoms with van der Waals surface area (Å²) < 4.78 is 30.0. The molecule has 0 unspecified atom stereocenters. The monoisotopic (exact) mass is 342 g/mol. The molecule has 0 N–H and O–H groups in total. The van der Waals surface area contributed by atoms with Crippen LogP contribution >= 0.6 is 0 Å². The summed E-state index contributed by atoms with van der Waals surface area (Å²) in [7, 11) is -3.41. The number of nitrogens with zero attached hydrogens (tertiary/aromatic N) is 4. The van der Waals surface area contributed by atoms with Gasteiger partial charge in [0.05, 0.1) is 17.7 Å². The molecule has 2 aliphatic heterocycles. The van der Waals surface area contributed by atoms with Crippen molar-refractivity contribution in [2.75, 3.05) is 12.3 Å². The van der Waals surface area contributed by atoms with Crippen molar-refractivity contribution in [3.05, 3.63) is 46.6 Å². The highest BCUT2D eigenvalue weighted by atomic mass is 32.2. The molecule has 0 saturated heterocycles. The van der Waals surface area contributed by atoms with Crippen LogP contribution in [0.2, 0.25) is 0 Å². The second-order valence-electron chi connectivity index (χ2n) is 6.22. The number of sulfonamides is 1. The van der Waals surface area contributed by atoms with Crippen LogP contribution < -0.4 is 0 Å². The Kier molecular flexibility index (Phi) is 3.18. The minimum absolute atomic E-state index is 0.0224. The highest BCUT2D eigenvalue weighted by molar-refractivity contribution is 7.90. The van der Waals surface area contributed by atoms with Crippen molar-refractivity contribution < 1.29 is 8.42 Å². The second kappa shape index (κ2) is 5.04. The van der Waals surface area contributed by atoms with Crippen LogP contribution in [0, 0.1) is 20.8 Å². The van der Waals surface area contributed by atoms with E-state index >= 15 is 0 Å². The molecule has 0 bridgehead atoms. The number of rotatable bonds is 1. The maximum absolute atomic E-state index is 12.0. The second-order valence-corrected chi connectivity index (χ2v) is 7.97. The van der Waals surface area contributed by atoms with Gasteiger partial charge < -0.3 is 4.90 Å². The highest BCUT2D eigenvalue weighted by Gasteiger charge is 2.33. The SMILES string of the molecule is Cc1ccc(-n2c(C)c(C)c3c2N=CN2CCS(=O)(=O)N=C32)cc1. The van der Waals surface area contributed by atoms with E-state index in [0.717, 1.165) is 28.3 Å². The predicted octanol–water partition coefficient (Wildman–Crippen LogP) is 2.47. The molecule has 4 rings (SSSR count). The van der Waals surface area contributed by atoms with Gasteiger partial charge in [-0.15, -0.1) is 4.40 Å². The number of hydrogen-bond acceptors (Lipinski definition) is 4. The van der Waals surface area contributed by atoms with Gasteiger partial charge in [-0.2, -0.15) is 0 Å². The maximum Gasteiger partial charge on any atom is 0.256 e. The van der Waals surface area contributed by atoms with Gasteiger partial charge in [0, 0.05) is 17.9 Å². The smallest absolute Gasteiger partial charge is 0.256 e. The minimum Gasteiger partial charge on any atom is -0.315 e. The van der Waals surface area contributed by atoms with E-state index in [1.807, 2.05) is 37.8 Å². The summed E-state index contributed by atoms with van der Waals surface area (Å²) in [6, 6.07) is 8.20. The molecule has 24 heavy (non-hydrogen) atoms. The highest BCUT2D eigenvalue weighted by Crippen LogP contribution is 2.36. The summed E-state index contributed by atoms with van der Waals surface area (Å²) in [4.78, 5) is 6.41. The van der Waals surface area contributed by atoms with Gasteiger partial charge in [-0.3, -0.25) is 4.57 Å². The zero-order valence-corrected chi connectivity index (χ0v) is 14.6. The van der Waals surface area contributed by atoms with Gasteiger partial charge in [-0.1, -0.05) is 17.7 Å². The molecule has 1 aromatic heterocycles. The van der Waals surface area contributed by atoms with Gasteiger partial charge in [0.25, 0.3) is 10.0 Å². The van der Waals surface area contributed by atoms with Gasteiger partial charge in [-0.25, -0.2) is 13.4 Å². The van der Waals surface area contributed by atoms with Crippen LogP contribution in [0.15, 0.2) is 33.7 Å². The lowest BCUT2D eigenvalue weighted by atomic mass is 10.1. The summed E-state index contributed by atoms with van der Waals surface area (Å²) in [6.45, 7) is 6.44. The number of fused-ring (bicyclic) bond motifs is 3. The predicted molar refractivity (Wildman–Crippen MR) is 95.2 cm³/mol. The summed E-state index contributed by atoms with van der Waals surface area (Å²) in [5, 5.41) is 0. The van der Waals surface area contributed by atoms with Gasteiger partial charge in [0.15, 0.2) is 11.7 Å². The summed E-state index contributed by atoms with van der Waals surface area (Å²) in [6.07, 6.45) is 1.68. The maximum atomic E-state index is 12.0. The standard InChI is InChI=1S/C17H18N4O2S/c1-11-4-6-14(7-5-11)21-13(3)12(2)15-16(21)18-10-20-8-9-24(22,23)19-17(15)20/h4-7,10H,8-9H2,1-3H3. The van der Waals surface area contributed by atoms with Crippen LogP contribution in [0.1, 0.15) is 22.4 Å². The van der Waals surface area contributed by atoms with Crippen molar-refractivity contribution in [2.24, 2.45) is 9.39 Å². The quantitative estimate of drug-likeness (QED) is 0.799. The molecule has 0 saturated carbocycles. The molecule has 0 amide bonds. The van der Waals surface area contributed by atoms with E-state index < -0.39 is 10.0 Å². The number of hydrogen-bond donors (Lipinski definition) is 0. The first-order chi connectivity index (χ1) is 11.4. The number of aliphatic imine (C=N–C) groups is 1. The molecule has 0 atom stereocenters. The molecule has 0 spiro atoms. The molecule has 3 heterocycles. The Hall–Kier alpha value is -2.41. The Bertz CT molecular complexity index is 998. The fraction of sp³-hybridized carbons (Fsp3) is 0.294. The first-order valence-corrected chi connectivity index (χ1v) is 9.41. The van der Waals surface area contributed by atoms with E-state index in [1.165, 1.54) is 5.56 Å². The zero-order chi connectivity index (χ0) is 17.1. The van der Waals surface area contributed by atoms with E-state index in [2.05, 4.69) is 26.1 Å². The third-order valence-corrected chi connectivity index (χ3v) is 5.76. The molecule has 0 radical (unpaired) electrons. The third-order valence-electron chi connectivity index (χ3n) is 4.61. The lowest BCUT2D eigenvalue weighted by Crippen LogP contribution is -2.40. The van der Waals surface area contributed by atoms with Gasteiger partial charge in [-0.05, 0) is 38.5 Å². The zero-order valence-electron chi connectivity index (χ0n) is 13.8. The molecular weight excluding hydrogens is 324 g/mol. The Labute approximate surface area is 141 Å². The molecule has 2 aliphatic rings. The van der Waals surface area contributed by atoms with Crippen molar-refractivity contribution in [3.63, 3.8) is 0 Å². The molecule has 0 aliphatic carbocycles. The first kappa shape index (κ1) is 15.1. The lowest BCUT2D eigenvalue weighted by Gasteiger charge is -2.28. The van der Waals surface area contributed by atoms with Crippen LogP contribution in [0.4, 0.5) is 5.82 Å². The third kappa shape index (κ3) is 2.19. The lowest BCUT2D eigenvalue weighted by molar-refractivity contribution is 0.573. The summed E-state index contributed by atoms with van der Waals surface area (Å²) in [5.41, 5.74) is 5.04. The van der Waals surface area contributed by atoms with E-state index in [4.69, 9.17) is 0 Å². The molecular formula is C17H18N4O2S. The number of aromatic nitrogens is 1. The average molecular weight is 342 g/mol. The van der Waals surface area contributed by atoms with Crippen molar-refractivity contribution in [3.8, 4) is 5.69 Å². The Morgan fingerprint density at radius 1 is 1.08 bits per heavy atom. The molecule has 124 valence electrons. The fourth-order valence-corrected chi connectivity index (χ4v) is 4.14. The molecule has 7 heteroatoms. The normalized spacial score (nSPS) is 18.1. The van der Waals surface area contributed by atoms with Crippen molar-refractivity contribution in [2.45, 2.75) is 20.8 Å². The van der Waals surface area contributed by atoms with Crippen LogP contribution in [0.5, 0.6) is 0 Å². The van der Waals surface area contributed by atoms with E-state index in [0.29, 0.717) is 12.4 Å². The van der Waals surface area contributed by atoms with E-state index in [-0.39, 0.29) is 5.75 Å². The molecule has 1 aromatic carbocycles. The van der Waals surface area contributed by atoms with Crippen LogP contribution in [-0.4, -0.2) is 42.4 Å². The summed E-state index contributed by atoms with van der Waals surface area (Å²) >= 11 is 0. The van der Waals surface area contributed by atoms with Crippen molar-refractivity contribution in [1.82, 2.24) is 9.47 Å². The minimum atomic E-state index is -3.41. The Morgan fingerprint density at radius 3 is 2.50 bits per heavy atom. The topological polar surface area (TPSA) is 67.0 Å². The Morgan fingerprint density at radius 2 is 1.79 bits per heavy atom. The van der Waals surface area contributed by atoms with Crippen LogP contribution in [0.25, 0.3) is 5.69 Å². The van der Waals surface area contributed by atoms with Crippen LogP contribution in [-0.2, 0) is 10.0 Å². The van der Waals surface area contributed by atoms with Gasteiger partial charge in [0.2, 0.25) is 0 Å². The van der Waals surface area contributed by atoms with Gasteiger partial charge >= 0.3 is 0 Å². The number of amidine groups is 1.